The molecule has 0 amide bonds. The molecule has 1 aromatic heterocycles. The fourth-order valence-electron chi connectivity index (χ4n) is 1.71. The minimum atomic E-state index is -5.70. The maximum atomic E-state index is 13.1. The van der Waals surface area contributed by atoms with E-state index in [1.54, 1.807) is 0 Å². The van der Waals surface area contributed by atoms with E-state index in [0.717, 1.165) is 12.5 Å². The summed E-state index contributed by atoms with van der Waals surface area (Å²) in [6.45, 7) is 0. The Bertz CT molecular complexity index is 951. The normalized spacial score (nSPS) is 13.4. The molecule has 0 fully saturated rings. The number of nitrogens with zero attached hydrogens (tertiary/aromatic N) is 1. The molecule has 2 aromatic rings. The minimum absolute atomic E-state index is 0.0113. The predicted octanol–water partition coefficient (Wildman–Crippen LogP) is 2.11. The van der Waals surface area contributed by atoms with Gasteiger partial charge in [0.2, 0.25) is 5.16 Å². The van der Waals surface area contributed by atoms with Crippen molar-refractivity contribution in [1.82, 2.24) is 9.97 Å². The highest BCUT2D eigenvalue weighted by Gasteiger charge is 2.56. The molecule has 0 aliphatic carbocycles. The van der Waals surface area contributed by atoms with Crippen molar-refractivity contribution in [2.45, 2.75) is 21.7 Å². The van der Waals surface area contributed by atoms with Gasteiger partial charge in [0, 0.05) is 6.26 Å². The van der Waals surface area contributed by atoms with Crippen LogP contribution in [0.5, 0.6) is 0 Å². The lowest BCUT2D eigenvalue weighted by molar-refractivity contribution is -0.0639. The molecule has 24 heavy (non-hydrogen) atoms. The SMILES string of the molecule is CS(=O)(=O)c1ccc(-c2cnc(S(=O)(=O)C(F)(F)C(F)F)[nH]2)cc1. The number of aromatic nitrogens is 2. The number of halogens is 4. The summed E-state index contributed by atoms with van der Waals surface area (Å²) in [4.78, 5) is 5.22. The highest BCUT2D eigenvalue weighted by atomic mass is 32.2. The van der Waals surface area contributed by atoms with E-state index in [4.69, 9.17) is 0 Å². The quantitative estimate of drug-likeness (QED) is 0.794. The molecular formula is C12H10F4N2O4S2. The molecule has 0 saturated heterocycles. The summed E-state index contributed by atoms with van der Waals surface area (Å²) in [6, 6.07) is 5.00. The van der Waals surface area contributed by atoms with Gasteiger partial charge < -0.3 is 4.98 Å². The molecule has 0 bridgehead atoms. The van der Waals surface area contributed by atoms with Crippen molar-refractivity contribution < 1.29 is 34.4 Å². The van der Waals surface area contributed by atoms with Gasteiger partial charge in [-0.25, -0.2) is 30.6 Å². The Balaban J connectivity index is 2.42. The zero-order chi connectivity index (χ0) is 18.3. The number of hydrogen-bond acceptors (Lipinski definition) is 5. The number of H-pyrrole nitrogens is 1. The Morgan fingerprint density at radius 2 is 1.62 bits per heavy atom. The maximum absolute atomic E-state index is 13.1. The first-order valence-corrected chi connectivity index (χ1v) is 9.51. The molecule has 0 atom stereocenters. The largest absolute Gasteiger partial charge is 0.411 e. The van der Waals surface area contributed by atoms with E-state index >= 15 is 0 Å². The van der Waals surface area contributed by atoms with Gasteiger partial charge in [-0.3, -0.25) is 0 Å². The molecule has 1 N–H and O–H groups in total. The van der Waals surface area contributed by atoms with E-state index in [0.29, 0.717) is 0 Å². The average Bonchev–Trinajstić information content (AvgIpc) is 2.96. The molecular weight excluding hydrogens is 376 g/mol. The second kappa shape index (κ2) is 5.84. The van der Waals surface area contributed by atoms with Crippen LogP contribution < -0.4 is 0 Å². The molecule has 1 aromatic carbocycles. The molecule has 0 radical (unpaired) electrons. The summed E-state index contributed by atoms with van der Waals surface area (Å²) in [5.41, 5.74) is 0.176. The minimum Gasteiger partial charge on any atom is -0.329 e. The molecule has 0 aliphatic heterocycles. The third-order valence-electron chi connectivity index (χ3n) is 3.01. The van der Waals surface area contributed by atoms with Crippen LogP contribution >= 0.6 is 0 Å². The van der Waals surface area contributed by atoms with E-state index in [-0.39, 0.29) is 16.2 Å². The lowest BCUT2D eigenvalue weighted by Crippen LogP contribution is -2.37. The number of rotatable bonds is 5. The van der Waals surface area contributed by atoms with E-state index in [1.807, 2.05) is 4.98 Å². The van der Waals surface area contributed by atoms with Crippen molar-refractivity contribution in [3.8, 4) is 11.3 Å². The van der Waals surface area contributed by atoms with Gasteiger partial charge in [-0.1, -0.05) is 12.1 Å². The lowest BCUT2D eigenvalue weighted by Gasteiger charge is -2.13. The van der Waals surface area contributed by atoms with Crippen molar-refractivity contribution in [1.29, 1.82) is 0 Å². The van der Waals surface area contributed by atoms with Gasteiger partial charge in [-0.05, 0) is 17.7 Å². The van der Waals surface area contributed by atoms with Gasteiger partial charge in [-0.15, -0.1) is 0 Å². The molecule has 0 aliphatic rings. The number of aromatic amines is 1. The van der Waals surface area contributed by atoms with Crippen LogP contribution in [0.2, 0.25) is 0 Å². The molecule has 2 rings (SSSR count). The van der Waals surface area contributed by atoms with Gasteiger partial charge in [0.15, 0.2) is 9.84 Å². The third kappa shape index (κ3) is 3.15. The lowest BCUT2D eigenvalue weighted by atomic mass is 10.2. The fraction of sp³-hybridized carbons (Fsp3) is 0.250. The number of sulfone groups is 2. The summed E-state index contributed by atoms with van der Waals surface area (Å²) in [5, 5.41) is -6.60. The molecule has 0 spiro atoms. The molecule has 1 heterocycles. The standard InChI is InChI=1S/C12H10F4N2O4S2/c1-23(19,20)8-4-2-7(3-5-8)9-6-17-11(18-9)24(21,22)12(15,16)10(13)14/h2-6,10H,1H3,(H,17,18). The Morgan fingerprint density at radius 1 is 1.08 bits per heavy atom. The van der Waals surface area contributed by atoms with Crippen LogP contribution in [0.4, 0.5) is 17.6 Å². The topological polar surface area (TPSA) is 97.0 Å². The predicted molar refractivity (Wildman–Crippen MR) is 75.3 cm³/mol. The summed E-state index contributed by atoms with van der Waals surface area (Å²) < 4.78 is 96.5. The number of hydrogen-bond donors (Lipinski definition) is 1. The Morgan fingerprint density at radius 3 is 2.08 bits per heavy atom. The van der Waals surface area contributed by atoms with Gasteiger partial charge >= 0.3 is 11.7 Å². The first-order chi connectivity index (χ1) is 10.9. The molecule has 6 nitrogen and oxygen atoms in total. The summed E-state index contributed by atoms with van der Waals surface area (Å²) in [6.07, 6.45) is -2.57. The zero-order valence-corrected chi connectivity index (χ0v) is 13.5. The Labute approximate surface area is 134 Å². The van der Waals surface area contributed by atoms with E-state index in [1.165, 1.54) is 24.3 Å². The highest BCUT2D eigenvalue weighted by molar-refractivity contribution is 7.92. The maximum Gasteiger partial charge on any atom is 0.411 e. The van der Waals surface area contributed by atoms with Crippen molar-refractivity contribution in [3.05, 3.63) is 30.5 Å². The second-order valence-corrected chi connectivity index (χ2v) is 8.72. The van der Waals surface area contributed by atoms with Crippen LogP contribution in [-0.4, -0.2) is 44.7 Å². The smallest absolute Gasteiger partial charge is 0.329 e. The second-order valence-electron chi connectivity index (χ2n) is 4.76. The molecule has 0 saturated carbocycles. The van der Waals surface area contributed by atoms with E-state index in [9.17, 15) is 34.4 Å². The van der Waals surface area contributed by atoms with Crippen LogP contribution in [-0.2, 0) is 19.7 Å². The first-order valence-electron chi connectivity index (χ1n) is 6.13. The van der Waals surface area contributed by atoms with Crippen LogP contribution in [0.1, 0.15) is 0 Å². The van der Waals surface area contributed by atoms with Crippen molar-refractivity contribution >= 4 is 19.7 Å². The van der Waals surface area contributed by atoms with Gasteiger partial charge in [-0.2, -0.15) is 8.78 Å². The van der Waals surface area contributed by atoms with Crippen molar-refractivity contribution in [2.24, 2.45) is 0 Å². The van der Waals surface area contributed by atoms with Crippen LogP contribution in [0.25, 0.3) is 11.3 Å². The average molecular weight is 386 g/mol. The number of nitrogens with one attached hydrogen (secondary N) is 1. The molecule has 132 valence electrons. The van der Waals surface area contributed by atoms with Gasteiger partial charge in [0.25, 0.3) is 9.84 Å². The summed E-state index contributed by atoms with van der Waals surface area (Å²) >= 11 is 0. The monoisotopic (exact) mass is 386 g/mol. The van der Waals surface area contributed by atoms with Gasteiger partial charge in [0.1, 0.15) is 0 Å². The van der Waals surface area contributed by atoms with Crippen LogP contribution in [0.3, 0.4) is 0 Å². The van der Waals surface area contributed by atoms with E-state index in [2.05, 4.69) is 4.98 Å². The number of benzene rings is 1. The fourth-order valence-corrected chi connectivity index (χ4v) is 3.27. The highest BCUT2D eigenvalue weighted by Crippen LogP contribution is 2.34. The van der Waals surface area contributed by atoms with Crippen molar-refractivity contribution in [2.75, 3.05) is 6.26 Å². The van der Waals surface area contributed by atoms with Gasteiger partial charge in [0.05, 0.1) is 16.8 Å². The Kier molecular flexibility index (Phi) is 4.48. The third-order valence-corrected chi connectivity index (χ3v) is 5.75. The zero-order valence-electron chi connectivity index (χ0n) is 11.9. The van der Waals surface area contributed by atoms with Crippen LogP contribution in [0, 0.1) is 0 Å². The summed E-state index contributed by atoms with van der Waals surface area (Å²) in [7, 11) is -9.16. The molecule has 12 heteroatoms. The number of alkyl halides is 4. The van der Waals surface area contributed by atoms with Crippen LogP contribution in [0.15, 0.2) is 40.5 Å². The summed E-state index contributed by atoms with van der Waals surface area (Å²) in [5.74, 6) is 0. The first kappa shape index (κ1) is 18.4. The number of imidazole rings is 1. The molecule has 0 unspecified atom stereocenters. The Hall–Kier alpha value is -1.95. The van der Waals surface area contributed by atoms with E-state index < -0.39 is 36.5 Å². The van der Waals surface area contributed by atoms with Crippen molar-refractivity contribution in [3.63, 3.8) is 0 Å².